The number of carbonyl (C=O) groups is 1. The van der Waals surface area contributed by atoms with Gasteiger partial charge in [-0.25, -0.2) is 0 Å². The van der Waals surface area contributed by atoms with Crippen molar-refractivity contribution < 1.29 is 14.6 Å². The summed E-state index contributed by atoms with van der Waals surface area (Å²) in [5.41, 5.74) is -0.726. The molecule has 0 fully saturated rings. The van der Waals surface area contributed by atoms with Gasteiger partial charge in [-0.1, -0.05) is 12.2 Å². The summed E-state index contributed by atoms with van der Waals surface area (Å²) in [5.74, 6) is -0.225. The molecule has 0 aliphatic carbocycles. The molecule has 0 aliphatic rings. The lowest BCUT2D eigenvalue weighted by molar-refractivity contribution is -0.141. The zero-order valence-corrected chi connectivity index (χ0v) is 9.25. The van der Waals surface area contributed by atoms with Gasteiger partial charge in [0, 0.05) is 6.92 Å². The minimum atomic E-state index is -0.726. The Morgan fingerprint density at radius 2 is 2.07 bits per heavy atom. The van der Waals surface area contributed by atoms with Crippen molar-refractivity contribution in [3.8, 4) is 0 Å². The summed E-state index contributed by atoms with van der Waals surface area (Å²) in [4.78, 5) is 10.4. The van der Waals surface area contributed by atoms with Crippen LogP contribution in [-0.2, 0) is 9.53 Å². The van der Waals surface area contributed by atoms with Gasteiger partial charge in [0.15, 0.2) is 0 Å². The van der Waals surface area contributed by atoms with Crippen molar-refractivity contribution in [3.63, 3.8) is 0 Å². The average Bonchev–Trinajstić information content (AvgIpc) is 2.00. The van der Waals surface area contributed by atoms with Crippen molar-refractivity contribution in [2.24, 2.45) is 0 Å². The van der Waals surface area contributed by atoms with E-state index in [1.165, 1.54) is 6.92 Å². The van der Waals surface area contributed by atoms with Crippen LogP contribution in [0.3, 0.4) is 0 Å². The number of allylic oxidation sites excluding steroid dienone is 1. The molecule has 0 aliphatic heterocycles. The molecule has 0 aromatic rings. The molecule has 0 bridgehead atoms. The monoisotopic (exact) mass is 200 g/mol. The Kier molecular flexibility index (Phi) is 6.21. The molecule has 0 aromatic heterocycles. The molecule has 0 spiro atoms. The number of esters is 1. The van der Waals surface area contributed by atoms with Gasteiger partial charge in [0.2, 0.25) is 0 Å². The lowest BCUT2D eigenvalue weighted by Crippen LogP contribution is -2.13. The topological polar surface area (TPSA) is 46.5 Å². The number of unbranched alkanes of at least 4 members (excludes halogenated alkanes) is 2. The predicted octanol–water partition coefficient (Wildman–Crippen LogP) is 2.05. The van der Waals surface area contributed by atoms with E-state index in [0.29, 0.717) is 6.61 Å². The quantitative estimate of drug-likeness (QED) is 0.405. The third-order valence-electron chi connectivity index (χ3n) is 1.60. The molecule has 0 unspecified atom stereocenters. The molecule has 0 radical (unpaired) electrons. The van der Waals surface area contributed by atoms with Crippen LogP contribution >= 0.6 is 0 Å². The Labute approximate surface area is 85.8 Å². The fourth-order valence-electron chi connectivity index (χ4n) is 0.952. The molecule has 0 heterocycles. The third-order valence-corrected chi connectivity index (χ3v) is 1.60. The maximum atomic E-state index is 10.4. The van der Waals surface area contributed by atoms with Crippen LogP contribution in [-0.4, -0.2) is 23.3 Å². The lowest BCUT2D eigenvalue weighted by atomic mass is 10.1. The molecule has 3 heteroatoms. The number of carbonyl (C=O) groups excluding carboxylic acids is 1. The van der Waals surface area contributed by atoms with Crippen LogP contribution < -0.4 is 0 Å². The SMILES string of the molecule is CC(=O)OCCCC/C=C/C(C)(C)O. The number of hydrogen-bond acceptors (Lipinski definition) is 3. The van der Waals surface area contributed by atoms with Crippen molar-refractivity contribution in [1.29, 1.82) is 0 Å². The van der Waals surface area contributed by atoms with E-state index in [4.69, 9.17) is 4.74 Å². The van der Waals surface area contributed by atoms with E-state index < -0.39 is 5.60 Å². The van der Waals surface area contributed by atoms with Crippen molar-refractivity contribution >= 4 is 5.97 Å². The van der Waals surface area contributed by atoms with Crippen LogP contribution in [0.2, 0.25) is 0 Å². The molecular formula is C11H20O3. The van der Waals surface area contributed by atoms with Crippen molar-refractivity contribution in [1.82, 2.24) is 0 Å². The van der Waals surface area contributed by atoms with Crippen molar-refractivity contribution in [2.45, 2.75) is 45.6 Å². The highest BCUT2D eigenvalue weighted by Crippen LogP contribution is 2.05. The van der Waals surface area contributed by atoms with E-state index in [9.17, 15) is 9.90 Å². The lowest BCUT2D eigenvalue weighted by Gasteiger charge is -2.09. The van der Waals surface area contributed by atoms with Crippen LogP contribution in [0.25, 0.3) is 0 Å². The summed E-state index contributed by atoms with van der Waals surface area (Å²) < 4.78 is 4.78. The van der Waals surface area contributed by atoms with Crippen LogP contribution in [0, 0.1) is 0 Å². The Bertz CT molecular complexity index is 189. The molecule has 0 atom stereocenters. The summed E-state index contributed by atoms with van der Waals surface area (Å²) in [7, 11) is 0. The fraction of sp³-hybridized carbons (Fsp3) is 0.727. The summed E-state index contributed by atoms with van der Waals surface area (Å²) in [5, 5.41) is 9.34. The smallest absolute Gasteiger partial charge is 0.302 e. The van der Waals surface area contributed by atoms with Crippen LogP contribution in [0.15, 0.2) is 12.2 Å². The first-order valence-electron chi connectivity index (χ1n) is 4.95. The molecule has 0 rings (SSSR count). The summed E-state index contributed by atoms with van der Waals surface area (Å²) in [6.07, 6.45) is 6.48. The minimum absolute atomic E-state index is 0.225. The van der Waals surface area contributed by atoms with E-state index in [0.717, 1.165) is 19.3 Å². The highest BCUT2D eigenvalue weighted by Gasteiger charge is 2.04. The number of ether oxygens (including phenoxy) is 1. The average molecular weight is 200 g/mol. The second-order valence-electron chi connectivity index (χ2n) is 3.89. The van der Waals surface area contributed by atoms with E-state index in [-0.39, 0.29) is 5.97 Å². The second-order valence-corrected chi connectivity index (χ2v) is 3.89. The van der Waals surface area contributed by atoms with Gasteiger partial charge in [-0.2, -0.15) is 0 Å². The minimum Gasteiger partial charge on any atom is -0.466 e. The predicted molar refractivity (Wildman–Crippen MR) is 55.9 cm³/mol. The molecule has 14 heavy (non-hydrogen) atoms. The molecule has 0 saturated carbocycles. The number of aliphatic hydroxyl groups is 1. The molecule has 0 aromatic carbocycles. The first-order chi connectivity index (χ1) is 6.42. The van der Waals surface area contributed by atoms with E-state index in [2.05, 4.69) is 0 Å². The van der Waals surface area contributed by atoms with Gasteiger partial charge in [0.25, 0.3) is 0 Å². The molecule has 82 valence electrons. The van der Waals surface area contributed by atoms with Gasteiger partial charge in [-0.15, -0.1) is 0 Å². The highest BCUT2D eigenvalue weighted by atomic mass is 16.5. The highest BCUT2D eigenvalue weighted by molar-refractivity contribution is 5.65. The Hall–Kier alpha value is -0.830. The summed E-state index contributed by atoms with van der Waals surface area (Å²) >= 11 is 0. The Balaban J connectivity index is 3.30. The van der Waals surface area contributed by atoms with E-state index in [1.54, 1.807) is 19.9 Å². The molecular weight excluding hydrogens is 180 g/mol. The third kappa shape index (κ3) is 11.2. The van der Waals surface area contributed by atoms with Gasteiger partial charge < -0.3 is 9.84 Å². The van der Waals surface area contributed by atoms with Gasteiger partial charge >= 0.3 is 5.97 Å². The maximum Gasteiger partial charge on any atom is 0.302 e. The Morgan fingerprint density at radius 1 is 1.43 bits per heavy atom. The fourth-order valence-corrected chi connectivity index (χ4v) is 0.952. The molecule has 0 saturated heterocycles. The second kappa shape index (κ2) is 6.60. The zero-order valence-electron chi connectivity index (χ0n) is 9.25. The number of rotatable bonds is 6. The van der Waals surface area contributed by atoms with Crippen LogP contribution in [0.5, 0.6) is 0 Å². The molecule has 1 N–H and O–H groups in total. The Morgan fingerprint density at radius 3 is 2.57 bits per heavy atom. The molecule has 3 nitrogen and oxygen atoms in total. The van der Waals surface area contributed by atoms with Gasteiger partial charge in [-0.3, -0.25) is 4.79 Å². The normalized spacial score (nSPS) is 12.0. The first kappa shape index (κ1) is 13.2. The number of hydrogen-bond donors (Lipinski definition) is 1. The zero-order chi connectivity index (χ0) is 11.0. The standard InChI is InChI=1S/C11H20O3/c1-10(12)14-9-7-5-4-6-8-11(2,3)13/h6,8,13H,4-5,7,9H2,1-3H3/b8-6+. The first-order valence-corrected chi connectivity index (χ1v) is 4.95. The van der Waals surface area contributed by atoms with Gasteiger partial charge in [0.1, 0.15) is 0 Å². The van der Waals surface area contributed by atoms with Gasteiger partial charge in [0.05, 0.1) is 12.2 Å². The molecule has 0 amide bonds. The summed E-state index contributed by atoms with van der Waals surface area (Å²) in [6, 6.07) is 0. The summed E-state index contributed by atoms with van der Waals surface area (Å²) in [6.45, 7) is 5.38. The van der Waals surface area contributed by atoms with Crippen molar-refractivity contribution in [2.75, 3.05) is 6.61 Å². The maximum absolute atomic E-state index is 10.4. The van der Waals surface area contributed by atoms with E-state index in [1.807, 2.05) is 6.08 Å². The van der Waals surface area contributed by atoms with E-state index >= 15 is 0 Å². The van der Waals surface area contributed by atoms with Crippen LogP contribution in [0.4, 0.5) is 0 Å². The largest absolute Gasteiger partial charge is 0.466 e. The van der Waals surface area contributed by atoms with Gasteiger partial charge in [-0.05, 0) is 33.1 Å². The van der Waals surface area contributed by atoms with Crippen LogP contribution in [0.1, 0.15) is 40.0 Å². The van der Waals surface area contributed by atoms with Crippen molar-refractivity contribution in [3.05, 3.63) is 12.2 Å².